The number of nitrogens with one attached hydrogen (secondary N) is 1. The van der Waals surface area contributed by atoms with Gasteiger partial charge in [0.2, 0.25) is 0 Å². The molecule has 1 saturated heterocycles. The van der Waals surface area contributed by atoms with E-state index in [2.05, 4.69) is 48.1 Å². The monoisotopic (exact) mass is 259 g/mol. The van der Waals surface area contributed by atoms with Gasteiger partial charge >= 0.3 is 0 Å². The molecule has 0 aromatic carbocycles. The van der Waals surface area contributed by atoms with Crippen LogP contribution in [0.4, 0.5) is 5.69 Å². The van der Waals surface area contributed by atoms with E-state index in [0.29, 0.717) is 18.0 Å². The Morgan fingerprint density at radius 3 is 2.79 bits per heavy atom. The maximum Gasteiger partial charge on any atom is 0.0605 e. The molecule has 104 valence electrons. The molecular formula is C16H25N3. The van der Waals surface area contributed by atoms with Crippen LogP contribution >= 0.6 is 0 Å². The third-order valence-electron chi connectivity index (χ3n) is 4.63. The average molecular weight is 259 g/mol. The summed E-state index contributed by atoms with van der Waals surface area (Å²) < 4.78 is 0. The van der Waals surface area contributed by atoms with Crippen molar-refractivity contribution in [3.05, 3.63) is 24.0 Å². The number of rotatable bonds is 3. The van der Waals surface area contributed by atoms with Crippen LogP contribution in [-0.4, -0.2) is 30.2 Å². The number of anilines is 1. The number of pyridine rings is 1. The molecule has 1 aliphatic carbocycles. The minimum atomic E-state index is 0.581. The molecule has 3 nitrogen and oxygen atoms in total. The number of nitrogens with zero attached hydrogens (tertiary/aromatic N) is 2. The molecule has 2 unspecified atom stereocenters. The van der Waals surface area contributed by atoms with Crippen LogP contribution in [0.1, 0.15) is 32.4 Å². The van der Waals surface area contributed by atoms with Crippen molar-refractivity contribution in [2.24, 2.45) is 11.8 Å². The van der Waals surface area contributed by atoms with E-state index in [4.69, 9.17) is 0 Å². The second-order valence-electron chi connectivity index (χ2n) is 6.42. The van der Waals surface area contributed by atoms with Crippen molar-refractivity contribution in [1.29, 1.82) is 0 Å². The summed E-state index contributed by atoms with van der Waals surface area (Å²) in [5, 5.41) is 3.77. The Bertz CT molecular complexity index is 439. The van der Waals surface area contributed by atoms with E-state index in [1.807, 2.05) is 6.20 Å². The Morgan fingerprint density at radius 1 is 1.37 bits per heavy atom. The molecule has 2 atom stereocenters. The van der Waals surface area contributed by atoms with Crippen LogP contribution in [0, 0.1) is 18.8 Å². The predicted molar refractivity (Wildman–Crippen MR) is 79.5 cm³/mol. The Labute approximate surface area is 116 Å². The standard InChI is InChI=1S/C16H25N3/c1-11(2)16-9-18-14(13-6-7-13)10-19(16)15-5-4-8-17-12(15)3/h4-5,8,11,13-14,16,18H,6-7,9-10H2,1-3H3. The van der Waals surface area contributed by atoms with Crippen molar-refractivity contribution in [2.45, 2.75) is 45.7 Å². The van der Waals surface area contributed by atoms with Crippen molar-refractivity contribution in [3.63, 3.8) is 0 Å². The normalized spacial score (nSPS) is 27.9. The highest BCUT2D eigenvalue weighted by Crippen LogP contribution is 2.36. The summed E-state index contributed by atoms with van der Waals surface area (Å²) in [5.41, 5.74) is 2.48. The van der Waals surface area contributed by atoms with Crippen molar-refractivity contribution in [3.8, 4) is 0 Å². The number of aromatic nitrogens is 1. The molecular weight excluding hydrogens is 234 g/mol. The van der Waals surface area contributed by atoms with E-state index < -0.39 is 0 Å². The molecule has 3 heteroatoms. The molecule has 2 aliphatic rings. The summed E-state index contributed by atoms with van der Waals surface area (Å²) >= 11 is 0. The molecule has 0 bridgehead atoms. The summed E-state index contributed by atoms with van der Waals surface area (Å²) in [4.78, 5) is 7.08. The molecule has 0 spiro atoms. The van der Waals surface area contributed by atoms with Gasteiger partial charge in [0.05, 0.1) is 11.4 Å². The van der Waals surface area contributed by atoms with Gasteiger partial charge in [0.15, 0.2) is 0 Å². The molecule has 1 aromatic rings. The van der Waals surface area contributed by atoms with Gasteiger partial charge < -0.3 is 10.2 Å². The Morgan fingerprint density at radius 2 is 2.16 bits per heavy atom. The van der Waals surface area contributed by atoms with Crippen molar-refractivity contribution in [2.75, 3.05) is 18.0 Å². The van der Waals surface area contributed by atoms with Crippen LogP contribution in [0.25, 0.3) is 0 Å². The highest BCUT2D eigenvalue weighted by Gasteiger charge is 2.38. The van der Waals surface area contributed by atoms with Crippen molar-refractivity contribution in [1.82, 2.24) is 10.3 Å². The van der Waals surface area contributed by atoms with Gasteiger partial charge in [-0.1, -0.05) is 13.8 Å². The topological polar surface area (TPSA) is 28.2 Å². The minimum Gasteiger partial charge on any atom is -0.364 e. The molecule has 1 aromatic heterocycles. The fourth-order valence-electron chi connectivity index (χ4n) is 3.26. The summed E-state index contributed by atoms with van der Waals surface area (Å²) in [7, 11) is 0. The van der Waals surface area contributed by atoms with Crippen LogP contribution in [0.3, 0.4) is 0 Å². The van der Waals surface area contributed by atoms with Crippen molar-refractivity contribution >= 4 is 5.69 Å². The lowest BCUT2D eigenvalue weighted by atomic mass is 9.96. The smallest absolute Gasteiger partial charge is 0.0605 e. The third-order valence-corrected chi connectivity index (χ3v) is 4.63. The van der Waals surface area contributed by atoms with Gasteiger partial charge in [0.25, 0.3) is 0 Å². The summed E-state index contributed by atoms with van der Waals surface area (Å²) in [5.74, 6) is 1.57. The first-order valence-electron chi connectivity index (χ1n) is 7.58. The molecule has 0 amide bonds. The van der Waals surface area contributed by atoms with E-state index in [-0.39, 0.29) is 0 Å². The molecule has 2 fully saturated rings. The molecule has 1 N–H and O–H groups in total. The summed E-state index contributed by atoms with van der Waals surface area (Å²) in [6.07, 6.45) is 4.71. The molecule has 1 saturated carbocycles. The zero-order valence-corrected chi connectivity index (χ0v) is 12.3. The first kappa shape index (κ1) is 12.9. The van der Waals surface area contributed by atoms with Gasteiger partial charge in [-0.2, -0.15) is 0 Å². The van der Waals surface area contributed by atoms with Gasteiger partial charge in [-0.15, -0.1) is 0 Å². The van der Waals surface area contributed by atoms with E-state index in [1.54, 1.807) is 0 Å². The Balaban J connectivity index is 1.86. The lowest BCUT2D eigenvalue weighted by Gasteiger charge is -2.44. The predicted octanol–water partition coefficient (Wildman–Crippen LogP) is 2.60. The third kappa shape index (κ3) is 2.62. The van der Waals surface area contributed by atoms with Crippen LogP contribution in [0.2, 0.25) is 0 Å². The fourth-order valence-corrected chi connectivity index (χ4v) is 3.26. The molecule has 19 heavy (non-hydrogen) atoms. The van der Waals surface area contributed by atoms with E-state index in [0.717, 1.165) is 24.7 Å². The number of aryl methyl sites for hydroxylation is 1. The van der Waals surface area contributed by atoms with Gasteiger partial charge in [-0.3, -0.25) is 4.98 Å². The van der Waals surface area contributed by atoms with Crippen LogP contribution in [0.5, 0.6) is 0 Å². The Kier molecular flexibility index (Phi) is 3.48. The van der Waals surface area contributed by atoms with Gasteiger partial charge in [0, 0.05) is 31.4 Å². The largest absolute Gasteiger partial charge is 0.364 e. The average Bonchev–Trinajstić information content (AvgIpc) is 3.23. The Hall–Kier alpha value is -1.09. The first-order valence-corrected chi connectivity index (χ1v) is 7.58. The number of hydrogen-bond donors (Lipinski definition) is 1. The highest BCUT2D eigenvalue weighted by molar-refractivity contribution is 5.52. The zero-order chi connectivity index (χ0) is 13.4. The van der Waals surface area contributed by atoms with Crippen molar-refractivity contribution < 1.29 is 0 Å². The molecule has 2 heterocycles. The van der Waals surface area contributed by atoms with Gasteiger partial charge in [-0.25, -0.2) is 0 Å². The maximum atomic E-state index is 4.47. The highest BCUT2D eigenvalue weighted by atomic mass is 15.2. The van der Waals surface area contributed by atoms with Crippen LogP contribution in [0.15, 0.2) is 18.3 Å². The fraction of sp³-hybridized carbons (Fsp3) is 0.688. The lowest BCUT2D eigenvalue weighted by molar-refractivity contribution is 0.319. The quantitative estimate of drug-likeness (QED) is 0.904. The summed E-state index contributed by atoms with van der Waals surface area (Å²) in [6.45, 7) is 9.01. The maximum absolute atomic E-state index is 4.47. The van der Waals surface area contributed by atoms with E-state index in [1.165, 1.54) is 18.5 Å². The number of hydrogen-bond acceptors (Lipinski definition) is 3. The summed E-state index contributed by atoms with van der Waals surface area (Å²) in [6, 6.07) is 5.55. The van der Waals surface area contributed by atoms with Crippen LogP contribution < -0.4 is 10.2 Å². The second kappa shape index (κ2) is 5.12. The molecule has 0 radical (unpaired) electrons. The van der Waals surface area contributed by atoms with Gasteiger partial charge in [-0.05, 0) is 43.7 Å². The molecule has 1 aliphatic heterocycles. The molecule has 3 rings (SSSR count). The van der Waals surface area contributed by atoms with Gasteiger partial charge in [0.1, 0.15) is 0 Å². The second-order valence-corrected chi connectivity index (χ2v) is 6.42. The minimum absolute atomic E-state index is 0.581. The first-order chi connectivity index (χ1) is 9.16. The SMILES string of the molecule is Cc1ncccc1N1CC(C2CC2)NCC1C(C)C. The zero-order valence-electron chi connectivity index (χ0n) is 12.3. The van der Waals surface area contributed by atoms with E-state index >= 15 is 0 Å². The van der Waals surface area contributed by atoms with E-state index in [9.17, 15) is 0 Å². The number of piperazine rings is 1. The lowest BCUT2D eigenvalue weighted by Crippen LogP contribution is -2.59. The van der Waals surface area contributed by atoms with Crippen LogP contribution in [-0.2, 0) is 0 Å².